The second-order valence-electron chi connectivity index (χ2n) is 8.42. The number of nitrogens with zero attached hydrogens (tertiary/aromatic N) is 1. The molecule has 124 valence electrons. The van der Waals surface area contributed by atoms with Crippen molar-refractivity contribution in [2.45, 2.75) is 71.9 Å². The van der Waals surface area contributed by atoms with Gasteiger partial charge in [0, 0.05) is 25.7 Å². The molecule has 2 fully saturated rings. The summed E-state index contributed by atoms with van der Waals surface area (Å²) in [6.07, 6.45) is 5.35. The summed E-state index contributed by atoms with van der Waals surface area (Å²) in [5, 5.41) is 3.86. The fourth-order valence-electron chi connectivity index (χ4n) is 4.32. The van der Waals surface area contributed by atoms with Crippen LogP contribution in [0.1, 0.15) is 60.3 Å². The van der Waals surface area contributed by atoms with E-state index in [0.29, 0.717) is 11.5 Å². The Bertz CT molecular complexity index is 327. The summed E-state index contributed by atoms with van der Waals surface area (Å²) < 4.78 is 5.86. The third-order valence-corrected chi connectivity index (χ3v) is 5.32. The zero-order chi connectivity index (χ0) is 15.5. The third-order valence-electron chi connectivity index (χ3n) is 5.32. The Morgan fingerprint density at radius 1 is 1.24 bits per heavy atom. The van der Waals surface area contributed by atoms with Gasteiger partial charge in [0.15, 0.2) is 0 Å². The molecule has 1 heterocycles. The molecular formula is C18H36N2O. The zero-order valence-electron chi connectivity index (χ0n) is 14.9. The fraction of sp³-hybridized carbons (Fsp3) is 1.00. The highest BCUT2D eigenvalue weighted by Crippen LogP contribution is 2.39. The third kappa shape index (κ3) is 4.67. The van der Waals surface area contributed by atoms with E-state index in [-0.39, 0.29) is 5.60 Å². The number of hydrogen-bond donors (Lipinski definition) is 1. The first-order chi connectivity index (χ1) is 9.84. The van der Waals surface area contributed by atoms with E-state index in [1.807, 2.05) is 0 Å². The van der Waals surface area contributed by atoms with Crippen molar-refractivity contribution in [2.24, 2.45) is 11.3 Å². The van der Waals surface area contributed by atoms with Crippen LogP contribution in [0.3, 0.4) is 0 Å². The molecule has 0 aromatic heterocycles. The molecule has 1 N–H and O–H groups in total. The van der Waals surface area contributed by atoms with Gasteiger partial charge in [-0.05, 0) is 51.0 Å². The van der Waals surface area contributed by atoms with Crippen LogP contribution >= 0.6 is 0 Å². The highest BCUT2D eigenvalue weighted by molar-refractivity contribution is 4.95. The lowest BCUT2D eigenvalue weighted by atomic mass is 9.67. The van der Waals surface area contributed by atoms with Gasteiger partial charge in [0.2, 0.25) is 0 Å². The van der Waals surface area contributed by atoms with Gasteiger partial charge in [-0.25, -0.2) is 0 Å². The second kappa shape index (κ2) is 6.97. The fourth-order valence-corrected chi connectivity index (χ4v) is 4.32. The highest BCUT2D eigenvalue weighted by Gasteiger charge is 2.40. The van der Waals surface area contributed by atoms with Crippen molar-refractivity contribution >= 4 is 0 Å². The molecule has 3 nitrogen and oxygen atoms in total. The van der Waals surface area contributed by atoms with Gasteiger partial charge >= 0.3 is 0 Å². The minimum atomic E-state index is 0.0226. The number of morpholine rings is 1. The maximum atomic E-state index is 5.86. The predicted molar refractivity (Wildman–Crippen MR) is 89.7 cm³/mol. The normalized spacial score (nSPS) is 33.0. The van der Waals surface area contributed by atoms with Gasteiger partial charge < -0.3 is 10.1 Å². The first-order valence-electron chi connectivity index (χ1n) is 8.94. The van der Waals surface area contributed by atoms with Gasteiger partial charge in [-0.1, -0.05) is 27.2 Å². The lowest BCUT2D eigenvalue weighted by Gasteiger charge is -2.47. The molecule has 3 heteroatoms. The first kappa shape index (κ1) is 17.2. The molecular weight excluding hydrogens is 260 g/mol. The van der Waals surface area contributed by atoms with Gasteiger partial charge in [0.1, 0.15) is 0 Å². The minimum Gasteiger partial charge on any atom is -0.373 e. The average Bonchev–Trinajstić information content (AvgIpc) is 2.36. The van der Waals surface area contributed by atoms with Crippen LogP contribution in [0.5, 0.6) is 0 Å². The van der Waals surface area contributed by atoms with Crippen LogP contribution < -0.4 is 5.32 Å². The summed E-state index contributed by atoms with van der Waals surface area (Å²) in [6, 6.07) is 0.664. The first-order valence-corrected chi connectivity index (χ1v) is 8.94. The lowest BCUT2D eigenvalue weighted by molar-refractivity contribution is -0.0927. The maximum Gasteiger partial charge on any atom is 0.0753 e. The summed E-state index contributed by atoms with van der Waals surface area (Å²) in [7, 11) is 0. The van der Waals surface area contributed by atoms with E-state index in [1.165, 1.54) is 32.2 Å². The molecule has 2 rings (SSSR count). The SMILES string of the molecule is CCCNC1C(CN2CCOC(C)(C)C2)CCCC1(C)C. The summed E-state index contributed by atoms with van der Waals surface area (Å²) in [5.41, 5.74) is 0.453. The van der Waals surface area contributed by atoms with Crippen LogP contribution in [0.15, 0.2) is 0 Å². The Balaban J connectivity index is 1.98. The molecule has 0 aromatic carbocycles. The topological polar surface area (TPSA) is 24.5 Å². The van der Waals surface area contributed by atoms with Crippen LogP contribution in [-0.2, 0) is 4.74 Å². The van der Waals surface area contributed by atoms with Crippen molar-refractivity contribution in [3.8, 4) is 0 Å². The Morgan fingerprint density at radius 3 is 2.67 bits per heavy atom. The molecule has 0 bridgehead atoms. The average molecular weight is 296 g/mol. The van der Waals surface area contributed by atoms with Crippen LogP contribution in [0.4, 0.5) is 0 Å². The van der Waals surface area contributed by atoms with E-state index in [4.69, 9.17) is 4.74 Å². The van der Waals surface area contributed by atoms with Crippen LogP contribution in [-0.4, -0.2) is 49.3 Å². The molecule has 0 amide bonds. The van der Waals surface area contributed by atoms with Crippen molar-refractivity contribution in [2.75, 3.05) is 32.8 Å². The quantitative estimate of drug-likeness (QED) is 0.842. The molecule has 1 saturated heterocycles. The van der Waals surface area contributed by atoms with E-state index in [9.17, 15) is 0 Å². The largest absolute Gasteiger partial charge is 0.373 e. The number of nitrogens with one attached hydrogen (secondary N) is 1. The van der Waals surface area contributed by atoms with E-state index >= 15 is 0 Å². The van der Waals surface area contributed by atoms with Gasteiger partial charge in [-0.15, -0.1) is 0 Å². The smallest absolute Gasteiger partial charge is 0.0753 e. The highest BCUT2D eigenvalue weighted by atomic mass is 16.5. The molecule has 0 spiro atoms. The van der Waals surface area contributed by atoms with Crippen molar-refractivity contribution in [3.63, 3.8) is 0 Å². The van der Waals surface area contributed by atoms with Crippen molar-refractivity contribution in [1.82, 2.24) is 10.2 Å². The molecule has 0 aromatic rings. The Morgan fingerprint density at radius 2 is 2.00 bits per heavy atom. The zero-order valence-corrected chi connectivity index (χ0v) is 14.9. The number of hydrogen-bond acceptors (Lipinski definition) is 3. The van der Waals surface area contributed by atoms with Gasteiger partial charge in [0.05, 0.1) is 12.2 Å². The second-order valence-corrected chi connectivity index (χ2v) is 8.42. The Hall–Kier alpha value is -0.120. The van der Waals surface area contributed by atoms with Gasteiger partial charge in [-0.3, -0.25) is 4.90 Å². The molecule has 1 aliphatic heterocycles. The molecule has 2 atom stereocenters. The predicted octanol–water partition coefficient (Wildman–Crippen LogP) is 3.29. The molecule has 1 aliphatic carbocycles. The van der Waals surface area contributed by atoms with Crippen molar-refractivity contribution in [1.29, 1.82) is 0 Å². The molecule has 2 aliphatic rings. The standard InChI is InChI=1S/C18H36N2O/c1-6-10-19-16-15(8-7-9-17(16,2)3)13-20-11-12-21-18(4,5)14-20/h15-16,19H,6-14H2,1-5H3. The summed E-state index contributed by atoms with van der Waals surface area (Å²) in [6.45, 7) is 17.1. The summed E-state index contributed by atoms with van der Waals surface area (Å²) >= 11 is 0. The van der Waals surface area contributed by atoms with Crippen molar-refractivity contribution < 1.29 is 4.74 Å². The van der Waals surface area contributed by atoms with Crippen LogP contribution in [0, 0.1) is 11.3 Å². The molecule has 0 radical (unpaired) electrons. The van der Waals surface area contributed by atoms with Crippen LogP contribution in [0.2, 0.25) is 0 Å². The Labute approximate surface area is 131 Å². The molecule has 1 saturated carbocycles. The van der Waals surface area contributed by atoms with E-state index in [2.05, 4.69) is 44.8 Å². The van der Waals surface area contributed by atoms with E-state index < -0.39 is 0 Å². The van der Waals surface area contributed by atoms with E-state index in [0.717, 1.165) is 32.2 Å². The maximum absolute atomic E-state index is 5.86. The van der Waals surface area contributed by atoms with Crippen molar-refractivity contribution in [3.05, 3.63) is 0 Å². The minimum absolute atomic E-state index is 0.0226. The van der Waals surface area contributed by atoms with Gasteiger partial charge in [0.25, 0.3) is 0 Å². The van der Waals surface area contributed by atoms with Gasteiger partial charge in [-0.2, -0.15) is 0 Å². The number of rotatable bonds is 5. The monoisotopic (exact) mass is 296 g/mol. The number of ether oxygens (including phenoxy) is 1. The molecule has 2 unspecified atom stereocenters. The lowest BCUT2D eigenvalue weighted by Crippen LogP contribution is -2.56. The molecule has 21 heavy (non-hydrogen) atoms. The van der Waals surface area contributed by atoms with E-state index in [1.54, 1.807) is 0 Å². The van der Waals surface area contributed by atoms with Crippen LogP contribution in [0.25, 0.3) is 0 Å². The summed E-state index contributed by atoms with van der Waals surface area (Å²) in [5.74, 6) is 0.786. The Kier molecular flexibility index (Phi) is 5.72. The summed E-state index contributed by atoms with van der Waals surface area (Å²) in [4.78, 5) is 2.64.